The minimum atomic E-state index is -0.766. The second kappa shape index (κ2) is 7.74. The first-order valence-electron chi connectivity index (χ1n) is 5.42. The van der Waals surface area contributed by atoms with E-state index in [9.17, 15) is 0 Å². The first-order chi connectivity index (χ1) is 7.70. The van der Waals surface area contributed by atoms with Gasteiger partial charge in [0.1, 0.15) is 0 Å². The summed E-state index contributed by atoms with van der Waals surface area (Å²) in [6.07, 6.45) is 0. The molecule has 0 heterocycles. The third-order valence-corrected chi connectivity index (χ3v) is 6.31. The summed E-state index contributed by atoms with van der Waals surface area (Å²) in [7, 11) is 0. The Balaban J connectivity index is 0.000000165. The second-order valence-electron chi connectivity index (χ2n) is 3.85. The van der Waals surface area contributed by atoms with Crippen molar-refractivity contribution in [2.45, 2.75) is 11.5 Å². The molecule has 2 aromatic rings. The molecule has 82 valence electrons. The van der Waals surface area contributed by atoms with E-state index in [2.05, 4.69) is 66.1 Å². The fourth-order valence-electron chi connectivity index (χ4n) is 1.25. The first kappa shape index (κ1) is 13.6. The quantitative estimate of drug-likeness (QED) is 0.696. The minimum absolute atomic E-state index is 0.766. The number of rotatable bonds is 1. The van der Waals surface area contributed by atoms with Gasteiger partial charge in [0.15, 0.2) is 0 Å². The van der Waals surface area contributed by atoms with Crippen LogP contribution in [0.15, 0.2) is 60.7 Å². The Morgan fingerprint density at radius 3 is 1.44 bits per heavy atom. The van der Waals surface area contributed by atoms with Gasteiger partial charge in [-0.3, -0.25) is 0 Å². The predicted octanol–water partition coefficient (Wildman–Crippen LogP) is 1.59. The Labute approximate surface area is 111 Å². The summed E-state index contributed by atoms with van der Waals surface area (Å²) in [5.41, 5.74) is 0. The van der Waals surface area contributed by atoms with Gasteiger partial charge in [-0.15, -0.1) is 0 Å². The molecule has 0 aliphatic carbocycles. The molecule has 0 aliphatic heterocycles. The second-order valence-corrected chi connectivity index (χ2v) is 11.0. The van der Waals surface area contributed by atoms with Crippen LogP contribution in [-0.4, -0.2) is 30.9 Å². The van der Waals surface area contributed by atoms with Crippen LogP contribution in [0, 0.1) is 0 Å². The molecular formula is C14H18Ge2. The van der Waals surface area contributed by atoms with Crippen molar-refractivity contribution in [3.63, 3.8) is 0 Å². The molecule has 0 spiro atoms. The average molecular weight is 332 g/mol. The van der Waals surface area contributed by atoms with Gasteiger partial charge in [-0.25, -0.2) is 0 Å². The molecule has 0 nitrogen and oxygen atoms in total. The van der Waals surface area contributed by atoms with Crippen molar-refractivity contribution in [2.75, 3.05) is 0 Å². The van der Waals surface area contributed by atoms with Crippen molar-refractivity contribution < 1.29 is 0 Å². The molecule has 0 bridgehead atoms. The molecule has 2 aromatic carbocycles. The normalized spacial score (nSPS) is 9.50. The van der Waals surface area contributed by atoms with Gasteiger partial charge in [-0.05, 0) is 0 Å². The van der Waals surface area contributed by atoms with E-state index in [1.807, 2.05) is 6.07 Å². The molecule has 0 atom stereocenters. The van der Waals surface area contributed by atoms with Gasteiger partial charge in [0.05, 0.1) is 0 Å². The standard InChI is InChI=1S/C8H11Ge.C6H7Ge/c1-9(2)8-6-4-3-5-7-8;7-6-4-2-1-3-5-6/h3-7H,1-2H3;1-5H,7H2. The van der Waals surface area contributed by atoms with Crippen molar-refractivity contribution in [1.29, 1.82) is 0 Å². The average Bonchev–Trinajstić information content (AvgIpc) is 2.32. The summed E-state index contributed by atoms with van der Waals surface area (Å²) in [5, 5.41) is 0. The van der Waals surface area contributed by atoms with Gasteiger partial charge >= 0.3 is 112 Å². The summed E-state index contributed by atoms with van der Waals surface area (Å²) in [5.74, 6) is 4.74. The van der Waals surface area contributed by atoms with Crippen LogP contribution in [0.4, 0.5) is 0 Å². The van der Waals surface area contributed by atoms with E-state index in [0.29, 0.717) is 0 Å². The Morgan fingerprint density at radius 1 is 0.750 bits per heavy atom. The van der Waals surface area contributed by atoms with E-state index < -0.39 is 14.3 Å². The zero-order valence-corrected chi connectivity index (χ0v) is 15.0. The number of benzene rings is 2. The van der Waals surface area contributed by atoms with Crippen molar-refractivity contribution in [3.05, 3.63) is 60.7 Å². The van der Waals surface area contributed by atoms with Crippen molar-refractivity contribution in [1.82, 2.24) is 0 Å². The SMILES string of the molecule is [CH3][Ge]([CH3])[c]1ccccc1.[GeH2][c]1ccccc1. The Bertz CT molecular complexity index is 382. The molecule has 0 saturated heterocycles. The summed E-state index contributed by atoms with van der Waals surface area (Å²) >= 11 is 0.498. The number of hydrogen-bond acceptors (Lipinski definition) is 0. The van der Waals surface area contributed by atoms with Gasteiger partial charge < -0.3 is 0 Å². The van der Waals surface area contributed by atoms with Gasteiger partial charge in [-0.2, -0.15) is 0 Å². The van der Waals surface area contributed by atoms with E-state index in [4.69, 9.17) is 0 Å². The van der Waals surface area contributed by atoms with E-state index in [1.54, 1.807) is 4.40 Å². The van der Waals surface area contributed by atoms with Crippen molar-refractivity contribution >= 4 is 39.7 Å². The zero-order chi connectivity index (χ0) is 11.8. The third-order valence-electron chi connectivity index (χ3n) is 2.19. The predicted molar refractivity (Wildman–Crippen MR) is 78.2 cm³/mol. The van der Waals surface area contributed by atoms with Gasteiger partial charge in [-0.1, -0.05) is 0 Å². The molecule has 2 rings (SSSR count). The number of hydrogen-bond donors (Lipinski definition) is 0. The van der Waals surface area contributed by atoms with E-state index in [1.165, 1.54) is 20.9 Å². The Hall–Kier alpha value is -0.474. The van der Waals surface area contributed by atoms with Crippen LogP contribution in [-0.2, 0) is 0 Å². The van der Waals surface area contributed by atoms with Crippen LogP contribution in [0.25, 0.3) is 0 Å². The molecular weight excluding hydrogens is 313 g/mol. The van der Waals surface area contributed by atoms with Gasteiger partial charge in [0.2, 0.25) is 0 Å². The third kappa shape index (κ3) is 5.57. The topological polar surface area (TPSA) is 0 Å². The molecule has 0 amide bonds. The molecule has 0 aliphatic rings. The molecule has 0 aromatic heterocycles. The summed E-state index contributed by atoms with van der Waals surface area (Å²) in [4.78, 5) is 0. The van der Waals surface area contributed by atoms with Crippen molar-refractivity contribution in [3.8, 4) is 0 Å². The molecule has 0 unspecified atom stereocenters. The summed E-state index contributed by atoms with van der Waals surface area (Å²) < 4.78 is 3.03. The molecule has 0 saturated carbocycles. The maximum atomic E-state index is 2.37. The Morgan fingerprint density at radius 2 is 1.19 bits per heavy atom. The van der Waals surface area contributed by atoms with Crippen LogP contribution in [0.2, 0.25) is 11.5 Å². The van der Waals surface area contributed by atoms with Crippen LogP contribution >= 0.6 is 0 Å². The fourth-order valence-corrected chi connectivity index (χ4v) is 3.62. The molecule has 0 fully saturated rings. The summed E-state index contributed by atoms with van der Waals surface area (Å²) in [6, 6.07) is 21.2. The monoisotopic (exact) mass is 334 g/mol. The zero-order valence-electron chi connectivity index (χ0n) is 9.98. The van der Waals surface area contributed by atoms with E-state index >= 15 is 0 Å². The van der Waals surface area contributed by atoms with Crippen LogP contribution in [0.3, 0.4) is 0 Å². The fraction of sp³-hybridized carbons (Fsp3) is 0.143. The molecule has 2 heteroatoms. The van der Waals surface area contributed by atoms with Crippen LogP contribution < -0.4 is 8.79 Å². The van der Waals surface area contributed by atoms with E-state index in [-0.39, 0.29) is 0 Å². The van der Waals surface area contributed by atoms with Crippen LogP contribution in [0.5, 0.6) is 0 Å². The van der Waals surface area contributed by atoms with E-state index in [0.717, 1.165) is 0 Å². The maximum absolute atomic E-state index is 2.37. The first-order valence-corrected chi connectivity index (χ1v) is 12.2. The van der Waals surface area contributed by atoms with Crippen LogP contribution in [0.1, 0.15) is 0 Å². The van der Waals surface area contributed by atoms with Gasteiger partial charge in [0, 0.05) is 0 Å². The molecule has 16 heavy (non-hydrogen) atoms. The van der Waals surface area contributed by atoms with Crippen molar-refractivity contribution in [2.24, 2.45) is 0 Å². The Kier molecular flexibility index (Phi) is 6.58. The summed E-state index contributed by atoms with van der Waals surface area (Å²) in [6.45, 7) is 0. The van der Waals surface area contributed by atoms with Gasteiger partial charge in [0.25, 0.3) is 0 Å². The molecule has 2 radical (unpaired) electrons. The molecule has 0 N–H and O–H groups in total.